The summed E-state index contributed by atoms with van der Waals surface area (Å²) < 4.78 is 85.7. The number of hydrogen-bond acceptors (Lipinski definition) is 9. The van der Waals surface area contributed by atoms with Crippen LogP contribution in [0.25, 0.3) is 11.1 Å². The first-order valence-electron chi connectivity index (χ1n) is 16.8. The fourth-order valence-electron chi connectivity index (χ4n) is 5.49. The number of unbranched alkanes of at least 4 members (excludes halogenated alkanes) is 1. The molecular formula is C33H43ClN4O8S2. The number of sulfonamides is 1. The Morgan fingerprint density at radius 3 is 2.40 bits per heavy atom. The van der Waals surface area contributed by atoms with Gasteiger partial charge in [0.05, 0.1) is 26.5 Å². The molecule has 1 aliphatic carbocycles. The molecule has 48 heavy (non-hydrogen) atoms. The number of carbonyl (C=O) groups excluding carboxylic acids is 1. The third-order valence-corrected chi connectivity index (χ3v) is 10.6. The van der Waals surface area contributed by atoms with E-state index in [0.717, 1.165) is 25.7 Å². The van der Waals surface area contributed by atoms with E-state index in [1.165, 1.54) is 17.9 Å². The van der Waals surface area contributed by atoms with Crippen LogP contribution in [0.1, 0.15) is 85.3 Å². The minimum absolute atomic E-state index is 0.0305. The lowest BCUT2D eigenvalue weighted by Crippen LogP contribution is -2.40. The van der Waals surface area contributed by atoms with Crippen molar-refractivity contribution in [1.82, 2.24) is 10.1 Å². The van der Waals surface area contributed by atoms with Gasteiger partial charge in [-0.25, -0.2) is 8.42 Å². The second kappa shape index (κ2) is 15.9. The van der Waals surface area contributed by atoms with Crippen molar-refractivity contribution in [2.24, 2.45) is 4.99 Å². The van der Waals surface area contributed by atoms with Crippen molar-refractivity contribution in [1.29, 1.82) is 0 Å². The molecule has 3 aromatic rings. The van der Waals surface area contributed by atoms with Gasteiger partial charge in [0.25, 0.3) is 26.0 Å². The van der Waals surface area contributed by atoms with Gasteiger partial charge in [0.15, 0.2) is 5.76 Å². The fraction of sp³-hybridized carbons (Fsp3) is 0.485. The maximum Gasteiger partial charge on any atom is 0.264 e. The van der Waals surface area contributed by atoms with E-state index in [4.69, 9.17) is 30.4 Å². The molecule has 262 valence electrons. The first kappa shape index (κ1) is 34.6. The van der Waals surface area contributed by atoms with Gasteiger partial charge in [-0.05, 0) is 62.8 Å². The lowest BCUT2D eigenvalue weighted by atomic mass is 9.96. The highest BCUT2D eigenvalue weighted by molar-refractivity contribution is 7.92. The number of nitrogens with one attached hydrogen (secondary N) is 1. The van der Waals surface area contributed by atoms with Crippen LogP contribution in [0, 0.1) is 6.92 Å². The van der Waals surface area contributed by atoms with Crippen molar-refractivity contribution in [2.45, 2.75) is 96.2 Å². The molecule has 1 fully saturated rings. The smallest absolute Gasteiger partial charge is 0.264 e. The molecule has 2 aliphatic rings. The highest BCUT2D eigenvalue weighted by atomic mass is 35.5. The zero-order valence-corrected chi connectivity index (χ0v) is 29.8. The molecule has 2 aromatic carbocycles. The van der Waals surface area contributed by atoms with E-state index in [0.29, 0.717) is 48.4 Å². The molecule has 1 spiro atoms. The van der Waals surface area contributed by atoms with Crippen molar-refractivity contribution in [2.75, 3.05) is 17.1 Å². The summed E-state index contributed by atoms with van der Waals surface area (Å²) in [6.45, 7) is 5.14. The molecule has 12 nitrogen and oxygen atoms in total. The van der Waals surface area contributed by atoms with Crippen LogP contribution >= 0.6 is 11.6 Å². The predicted octanol–water partition coefficient (Wildman–Crippen LogP) is 6.78. The highest BCUT2D eigenvalue weighted by Gasteiger charge is 2.49. The maximum atomic E-state index is 13.9. The van der Waals surface area contributed by atoms with Crippen molar-refractivity contribution >= 4 is 49.3 Å². The standard InChI is InChI=1S/C31H37ClN4O5S.C2H6O3S/c1-4-6-13-27-33-31(16-9-10-17-31)30(37)36(27)19-22-14-15-24(23(18-22)20-40-5-2)25-11-7-8-12-26(25)42(38,39)35-29-28(32)21(3)41-34-29;1-2-6(3,4)5/h7-8,11-12,14-15,18H,4-6,9-10,13,16-17,19-20H2,1-3H3,(H,34,35);2H2,1H3,(H,3,4,5)/i19D2;. The minimum Gasteiger partial charge on any atom is -0.377 e. The van der Waals surface area contributed by atoms with E-state index in [9.17, 15) is 24.4 Å². The minimum atomic E-state index is -4.17. The van der Waals surface area contributed by atoms with Crippen molar-refractivity contribution in [3.63, 3.8) is 0 Å². The molecule has 1 aliphatic heterocycles. The number of carbonyl (C=O) groups is 1. The Morgan fingerprint density at radius 1 is 1.10 bits per heavy atom. The molecule has 1 amide bonds. The molecule has 0 bridgehead atoms. The Bertz CT molecular complexity index is 1950. The average molecular weight is 725 g/mol. The van der Waals surface area contributed by atoms with Crippen LogP contribution in [0.2, 0.25) is 5.02 Å². The van der Waals surface area contributed by atoms with Gasteiger partial charge in [0.1, 0.15) is 16.4 Å². The molecule has 15 heteroatoms. The highest BCUT2D eigenvalue weighted by Crippen LogP contribution is 2.40. The average Bonchev–Trinajstić information content (AvgIpc) is 3.76. The normalized spacial score (nSPS) is 16.8. The molecule has 2 N–H and O–H groups in total. The van der Waals surface area contributed by atoms with E-state index in [1.807, 2.05) is 6.92 Å². The largest absolute Gasteiger partial charge is 0.377 e. The van der Waals surface area contributed by atoms with E-state index < -0.39 is 32.2 Å². The molecule has 2 heterocycles. The van der Waals surface area contributed by atoms with Crippen LogP contribution < -0.4 is 4.72 Å². The second-order valence-corrected chi connectivity index (χ2v) is 15.3. The van der Waals surface area contributed by atoms with Gasteiger partial charge in [-0.3, -0.25) is 24.0 Å². The first-order chi connectivity index (χ1) is 23.5. The first-order valence-corrected chi connectivity index (χ1v) is 19.3. The molecule has 0 radical (unpaired) electrons. The third kappa shape index (κ3) is 8.83. The van der Waals surface area contributed by atoms with Gasteiger partial charge in [0.2, 0.25) is 5.82 Å². The number of nitrogens with zero attached hydrogens (tertiary/aromatic N) is 3. The van der Waals surface area contributed by atoms with Crippen LogP contribution in [0.15, 0.2) is 56.9 Å². The van der Waals surface area contributed by atoms with Gasteiger partial charge < -0.3 is 9.26 Å². The van der Waals surface area contributed by atoms with Gasteiger partial charge >= 0.3 is 0 Å². The molecular weight excluding hydrogens is 680 g/mol. The molecule has 5 rings (SSSR count). The number of aromatic nitrogens is 1. The number of amidine groups is 1. The summed E-state index contributed by atoms with van der Waals surface area (Å²) in [4.78, 5) is 19.9. The van der Waals surface area contributed by atoms with Crippen molar-refractivity contribution < 1.29 is 38.2 Å². The molecule has 1 saturated carbocycles. The van der Waals surface area contributed by atoms with Crippen molar-refractivity contribution in [3.8, 4) is 11.1 Å². The lowest BCUT2D eigenvalue weighted by Gasteiger charge is -2.23. The summed E-state index contributed by atoms with van der Waals surface area (Å²) >= 11 is 6.17. The van der Waals surface area contributed by atoms with Crippen LogP contribution in [0.4, 0.5) is 5.82 Å². The molecule has 0 saturated heterocycles. The van der Waals surface area contributed by atoms with Crippen LogP contribution in [0.3, 0.4) is 0 Å². The van der Waals surface area contributed by atoms with Gasteiger partial charge in [-0.2, -0.15) is 8.42 Å². The van der Waals surface area contributed by atoms with Crippen LogP contribution in [-0.4, -0.2) is 61.1 Å². The van der Waals surface area contributed by atoms with Crippen LogP contribution in [0.5, 0.6) is 0 Å². The number of halogens is 1. The van der Waals surface area contributed by atoms with Gasteiger partial charge in [0, 0.05) is 18.6 Å². The number of rotatable bonds is 13. The van der Waals surface area contributed by atoms with Gasteiger partial charge in [-0.1, -0.05) is 79.3 Å². The zero-order valence-electron chi connectivity index (χ0n) is 29.5. The monoisotopic (exact) mass is 724 g/mol. The van der Waals surface area contributed by atoms with E-state index in [2.05, 4.69) is 16.8 Å². The third-order valence-electron chi connectivity index (χ3n) is 8.05. The number of hydrogen-bond donors (Lipinski definition) is 2. The molecule has 1 aromatic heterocycles. The number of amides is 1. The Hall–Kier alpha value is -3.30. The van der Waals surface area contributed by atoms with Crippen molar-refractivity contribution in [3.05, 3.63) is 64.4 Å². The van der Waals surface area contributed by atoms with E-state index in [1.54, 1.807) is 43.3 Å². The Labute approximate surface area is 290 Å². The van der Waals surface area contributed by atoms with Gasteiger partial charge in [-0.15, -0.1) is 0 Å². The zero-order chi connectivity index (χ0) is 36.9. The Morgan fingerprint density at radius 2 is 1.79 bits per heavy atom. The number of anilines is 1. The Balaban J connectivity index is 0.000000860. The lowest BCUT2D eigenvalue weighted by molar-refractivity contribution is -0.131. The maximum absolute atomic E-state index is 13.9. The second-order valence-electron chi connectivity index (χ2n) is 11.5. The summed E-state index contributed by atoms with van der Waals surface area (Å²) in [6, 6.07) is 11.4. The van der Waals surface area contributed by atoms with E-state index in [-0.39, 0.29) is 45.3 Å². The summed E-state index contributed by atoms with van der Waals surface area (Å²) in [5.74, 6) is 0.161. The van der Waals surface area contributed by atoms with Crippen LogP contribution in [-0.2, 0) is 42.8 Å². The number of aryl methyl sites for hydroxylation is 1. The fourth-order valence-corrected chi connectivity index (χ4v) is 6.89. The quantitative estimate of drug-likeness (QED) is 0.181. The summed E-state index contributed by atoms with van der Waals surface area (Å²) in [5.41, 5.74) is 0.870. The SMILES string of the molecule is CCS(=O)(=O)O.[2H]C([2H])(c1ccc(-c2ccccc2S(=O)(=O)Nc2noc(C)c2Cl)c(COCC)c1)N1C(=O)C2(CCCC2)N=C1CCCC. The summed E-state index contributed by atoms with van der Waals surface area (Å²) in [7, 11) is -7.83. The number of aliphatic imine (C=N–C) groups is 1. The Kier molecular flexibility index (Phi) is 11.5. The predicted molar refractivity (Wildman–Crippen MR) is 185 cm³/mol. The van der Waals surface area contributed by atoms with E-state index >= 15 is 0 Å². The molecule has 0 unspecified atom stereocenters. The summed E-state index contributed by atoms with van der Waals surface area (Å²) in [5, 5.41) is 3.78. The number of ether oxygens (including phenoxy) is 1. The topological polar surface area (TPSA) is 168 Å². The number of benzene rings is 2. The molecule has 0 atom stereocenters. The summed E-state index contributed by atoms with van der Waals surface area (Å²) in [6.07, 6.45) is 5.23.